The molecule has 1 aliphatic rings. The van der Waals surface area contributed by atoms with E-state index < -0.39 is 0 Å². The predicted molar refractivity (Wildman–Crippen MR) is 77.7 cm³/mol. The van der Waals surface area contributed by atoms with Gasteiger partial charge in [-0.1, -0.05) is 19.3 Å². The summed E-state index contributed by atoms with van der Waals surface area (Å²) in [5, 5.41) is 12.1. The number of ether oxygens (including phenoxy) is 1. The fourth-order valence-electron chi connectivity index (χ4n) is 2.46. The number of hydrogen-bond donors (Lipinski definition) is 3. The van der Waals surface area contributed by atoms with Crippen LogP contribution in [0.2, 0.25) is 0 Å². The molecule has 0 atom stereocenters. The van der Waals surface area contributed by atoms with Crippen molar-refractivity contribution >= 4 is 11.6 Å². The third-order valence-electron chi connectivity index (χ3n) is 3.57. The topological polar surface area (TPSA) is 84.6 Å². The number of amides is 1. The molecule has 5 heteroatoms. The lowest BCUT2D eigenvalue weighted by Gasteiger charge is -2.22. The number of hydrogen-bond acceptors (Lipinski definition) is 4. The molecule has 1 aromatic carbocycles. The van der Waals surface area contributed by atoms with Gasteiger partial charge in [0.1, 0.15) is 5.75 Å². The quantitative estimate of drug-likeness (QED) is 0.437. The summed E-state index contributed by atoms with van der Waals surface area (Å²) in [5.41, 5.74) is 6.36. The maximum atomic E-state index is 11.9. The highest BCUT2D eigenvalue weighted by Crippen LogP contribution is 2.20. The summed E-state index contributed by atoms with van der Waals surface area (Å²) in [6, 6.07) is 4.34. The minimum atomic E-state index is -0.286. The summed E-state index contributed by atoms with van der Waals surface area (Å²) in [5.74, 6) is -0.256. The molecular weight excluding hydrogens is 256 g/mol. The monoisotopic (exact) mass is 278 g/mol. The highest BCUT2D eigenvalue weighted by Gasteiger charge is 2.14. The Morgan fingerprint density at radius 3 is 2.85 bits per heavy atom. The molecule has 0 aromatic heterocycles. The first-order valence-corrected chi connectivity index (χ1v) is 7.15. The highest BCUT2D eigenvalue weighted by molar-refractivity contribution is 5.99. The van der Waals surface area contributed by atoms with E-state index in [2.05, 4.69) is 5.32 Å². The van der Waals surface area contributed by atoms with E-state index in [-0.39, 0.29) is 11.7 Å². The molecule has 1 amide bonds. The number of carbonyl (C=O) groups excluding carboxylic acids is 1. The van der Waals surface area contributed by atoms with Crippen LogP contribution in [-0.2, 0) is 4.74 Å². The molecule has 4 N–H and O–H groups in total. The number of anilines is 1. The predicted octanol–water partition coefficient (Wildman–Crippen LogP) is 2.05. The number of phenols is 1. The molecule has 0 bridgehead atoms. The molecule has 20 heavy (non-hydrogen) atoms. The average Bonchev–Trinajstić information content (AvgIpc) is 2.47. The second kappa shape index (κ2) is 7.14. The van der Waals surface area contributed by atoms with Crippen molar-refractivity contribution in [3.05, 3.63) is 23.8 Å². The maximum Gasteiger partial charge on any atom is 0.253 e. The van der Waals surface area contributed by atoms with E-state index >= 15 is 0 Å². The number of rotatable bonds is 5. The Morgan fingerprint density at radius 2 is 2.10 bits per heavy atom. The number of carbonyl (C=O) groups is 1. The summed E-state index contributed by atoms with van der Waals surface area (Å²) in [6.45, 7) is 0.958. The number of benzene rings is 1. The fraction of sp³-hybridized carbons (Fsp3) is 0.533. The Balaban J connectivity index is 1.73. The molecule has 0 radical (unpaired) electrons. The van der Waals surface area contributed by atoms with Crippen molar-refractivity contribution < 1.29 is 14.6 Å². The van der Waals surface area contributed by atoms with E-state index in [4.69, 9.17) is 10.5 Å². The van der Waals surface area contributed by atoms with Gasteiger partial charge in [0.25, 0.3) is 5.91 Å². The van der Waals surface area contributed by atoms with E-state index in [0.29, 0.717) is 30.5 Å². The van der Waals surface area contributed by atoms with Gasteiger partial charge in [-0.15, -0.1) is 0 Å². The van der Waals surface area contributed by atoms with Crippen LogP contribution in [0.1, 0.15) is 42.5 Å². The molecule has 110 valence electrons. The standard InChI is InChI=1S/C15H22N2O3/c16-14-7-6-11(18)10-13(14)15(19)17-8-9-20-12-4-2-1-3-5-12/h6-7,10,12,18H,1-5,8-9,16H2,(H,17,19). The first kappa shape index (κ1) is 14.7. The molecule has 0 heterocycles. The fourth-order valence-corrected chi connectivity index (χ4v) is 2.46. The van der Waals surface area contributed by atoms with E-state index in [9.17, 15) is 9.90 Å². The Labute approximate surface area is 119 Å². The lowest BCUT2D eigenvalue weighted by atomic mass is 9.98. The average molecular weight is 278 g/mol. The molecular formula is C15H22N2O3. The van der Waals surface area contributed by atoms with Gasteiger partial charge in [0.05, 0.1) is 18.3 Å². The van der Waals surface area contributed by atoms with Crippen molar-refractivity contribution in [2.24, 2.45) is 0 Å². The Morgan fingerprint density at radius 1 is 1.35 bits per heavy atom. The molecule has 0 aliphatic heterocycles. The lowest BCUT2D eigenvalue weighted by molar-refractivity contribution is 0.0299. The van der Waals surface area contributed by atoms with Crippen LogP contribution in [-0.4, -0.2) is 30.3 Å². The molecule has 5 nitrogen and oxygen atoms in total. The van der Waals surface area contributed by atoms with E-state index in [1.54, 1.807) is 0 Å². The summed E-state index contributed by atoms with van der Waals surface area (Å²) in [6.07, 6.45) is 6.34. The van der Waals surface area contributed by atoms with Gasteiger partial charge in [0.15, 0.2) is 0 Å². The van der Waals surface area contributed by atoms with Gasteiger partial charge in [-0.05, 0) is 31.0 Å². The van der Waals surface area contributed by atoms with Crippen LogP contribution in [0.4, 0.5) is 5.69 Å². The van der Waals surface area contributed by atoms with Crippen LogP contribution >= 0.6 is 0 Å². The van der Waals surface area contributed by atoms with Crippen LogP contribution in [0.25, 0.3) is 0 Å². The SMILES string of the molecule is Nc1ccc(O)cc1C(=O)NCCOC1CCCCC1. The van der Waals surface area contributed by atoms with Crippen LogP contribution in [0, 0.1) is 0 Å². The molecule has 0 spiro atoms. The molecule has 1 aromatic rings. The van der Waals surface area contributed by atoms with Crippen LogP contribution in [0.3, 0.4) is 0 Å². The van der Waals surface area contributed by atoms with E-state index in [1.807, 2.05) is 0 Å². The molecule has 0 saturated heterocycles. The number of aromatic hydroxyl groups is 1. The van der Waals surface area contributed by atoms with Gasteiger partial charge in [0, 0.05) is 12.2 Å². The summed E-state index contributed by atoms with van der Waals surface area (Å²) < 4.78 is 5.73. The molecule has 2 rings (SSSR count). The van der Waals surface area contributed by atoms with E-state index in [1.165, 1.54) is 37.5 Å². The van der Waals surface area contributed by atoms with Gasteiger partial charge in [-0.3, -0.25) is 4.79 Å². The Bertz CT molecular complexity index is 456. The third kappa shape index (κ3) is 4.13. The Kier molecular flexibility index (Phi) is 5.24. The second-order valence-corrected chi connectivity index (χ2v) is 5.16. The summed E-state index contributed by atoms with van der Waals surface area (Å²) in [4.78, 5) is 11.9. The minimum absolute atomic E-state index is 0.0304. The molecule has 1 aliphatic carbocycles. The van der Waals surface area contributed by atoms with Crippen molar-refractivity contribution in [3.8, 4) is 5.75 Å². The highest BCUT2D eigenvalue weighted by atomic mass is 16.5. The molecule has 1 saturated carbocycles. The third-order valence-corrected chi connectivity index (χ3v) is 3.57. The van der Waals surface area contributed by atoms with Crippen molar-refractivity contribution in [3.63, 3.8) is 0 Å². The second-order valence-electron chi connectivity index (χ2n) is 5.16. The summed E-state index contributed by atoms with van der Waals surface area (Å²) in [7, 11) is 0. The van der Waals surface area contributed by atoms with Crippen LogP contribution in [0.15, 0.2) is 18.2 Å². The first-order chi connectivity index (χ1) is 9.66. The largest absolute Gasteiger partial charge is 0.508 e. The first-order valence-electron chi connectivity index (χ1n) is 7.15. The maximum absolute atomic E-state index is 11.9. The zero-order valence-corrected chi connectivity index (χ0v) is 11.6. The number of phenolic OH excluding ortho intramolecular Hbond substituents is 1. The van der Waals surface area contributed by atoms with Gasteiger partial charge in [-0.2, -0.15) is 0 Å². The Hall–Kier alpha value is -1.75. The smallest absolute Gasteiger partial charge is 0.253 e. The van der Waals surface area contributed by atoms with Gasteiger partial charge in [0.2, 0.25) is 0 Å². The van der Waals surface area contributed by atoms with Crippen molar-refractivity contribution in [2.45, 2.75) is 38.2 Å². The number of nitrogen functional groups attached to an aromatic ring is 1. The van der Waals surface area contributed by atoms with Crippen molar-refractivity contribution in [2.75, 3.05) is 18.9 Å². The van der Waals surface area contributed by atoms with Crippen LogP contribution in [0.5, 0.6) is 5.75 Å². The molecule has 0 unspecified atom stereocenters. The lowest BCUT2D eigenvalue weighted by Crippen LogP contribution is -2.29. The number of nitrogens with one attached hydrogen (secondary N) is 1. The van der Waals surface area contributed by atoms with Gasteiger partial charge < -0.3 is 20.9 Å². The van der Waals surface area contributed by atoms with Crippen LogP contribution < -0.4 is 11.1 Å². The van der Waals surface area contributed by atoms with Gasteiger partial charge >= 0.3 is 0 Å². The zero-order valence-electron chi connectivity index (χ0n) is 11.6. The number of nitrogens with two attached hydrogens (primary N) is 1. The minimum Gasteiger partial charge on any atom is -0.508 e. The zero-order chi connectivity index (χ0) is 14.4. The normalized spacial score (nSPS) is 16.0. The van der Waals surface area contributed by atoms with Crippen molar-refractivity contribution in [1.82, 2.24) is 5.32 Å². The van der Waals surface area contributed by atoms with E-state index in [0.717, 1.165) is 12.8 Å². The summed E-state index contributed by atoms with van der Waals surface area (Å²) >= 11 is 0. The van der Waals surface area contributed by atoms with Gasteiger partial charge in [-0.25, -0.2) is 0 Å². The molecule has 1 fully saturated rings. The van der Waals surface area contributed by atoms with Crippen molar-refractivity contribution in [1.29, 1.82) is 0 Å².